The Bertz CT molecular complexity index is 571. The number of nitrogens with two attached hydrogens (primary N) is 1. The maximum Gasteiger partial charge on any atom is 0.230 e. The second-order valence-corrected chi connectivity index (χ2v) is 5.36. The number of anilines is 1. The van der Waals surface area contributed by atoms with Gasteiger partial charge in [-0.2, -0.15) is 4.98 Å². The highest BCUT2D eigenvalue weighted by atomic mass is 16.5. The van der Waals surface area contributed by atoms with Crippen LogP contribution in [0.2, 0.25) is 0 Å². The summed E-state index contributed by atoms with van der Waals surface area (Å²) < 4.78 is 5.44. The van der Waals surface area contributed by atoms with Gasteiger partial charge in [0.1, 0.15) is 0 Å². The first kappa shape index (κ1) is 12.2. The summed E-state index contributed by atoms with van der Waals surface area (Å²) in [7, 11) is 0. The van der Waals surface area contributed by atoms with Crippen LogP contribution in [0.5, 0.6) is 0 Å². The Labute approximate surface area is 113 Å². The van der Waals surface area contributed by atoms with Gasteiger partial charge < -0.3 is 10.3 Å². The molecule has 1 heterocycles. The minimum Gasteiger partial charge on any atom is -0.399 e. The summed E-state index contributed by atoms with van der Waals surface area (Å²) in [6, 6.07) is 5.84. The van der Waals surface area contributed by atoms with Crippen LogP contribution in [0.25, 0.3) is 11.4 Å². The molecule has 0 bridgehead atoms. The van der Waals surface area contributed by atoms with Crippen LogP contribution in [0, 0.1) is 6.92 Å². The van der Waals surface area contributed by atoms with Gasteiger partial charge in [0.25, 0.3) is 0 Å². The van der Waals surface area contributed by atoms with Crippen LogP contribution in [0.15, 0.2) is 22.7 Å². The zero-order valence-corrected chi connectivity index (χ0v) is 11.2. The van der Waals surface area contributed by atoms with E-state index in [4.69, 9.17) is 10.3 Å². The van der Waals surface area contributed by atoms with Crippen LogP contribution in [-0.4, -0.2) is 10.1 Å². The molecule has 100 valence electrons. The highest BCUT2D eigenvalue weighted by Gasteiger charge is 2.21. The largest absolute Gasteiger partial charge is 0.399 e. The van der Waals surface area contributed by atoms with Crippen molar-refractivity contribution in [1.29, 1.82) is 0 Å². The zero-order valence-electron chi connectivity index (χ0n) is 11.2. The van der Waals surface area contributed by atoms with Crippen LogP contribution in [0.4, 0.5) is 5.69 Å². The molecule has 1 aliphatic carbocycles. The first-order valence-corrected chi connectivity index (χ1v) is 6.94. The Morgan fingerprint density at radius 3 is 2.74 bits per heavy atom. The maximum atomic E-state index is 5.82. The lowest BCUT2D eigenvalue weighted by molar-refractivity contribution is 0.314. The van der Waals surface area contributed by atoms with Gasteiger partial charge in [-0.25, -0.2) is 0 Å². The van der Waals surface area contributed by atoms with Gasteiger partial charge in [0.05, 0.1) is 0 Å². The number of hydrogen-bond acceptors (Lipinski definition) is 4. The maximum absolute atomic E-state index is 5.82. The first-order chi connectivity index (χ1) is 9.24. The Hall–Kier alpha value is -1.84. The Balaban J connectivity index is 1.85. The van der Waals surface area contributed by atoms with E-state index in [2.05, 4.69) is 10.1 Å². The molecule has 1 aliphatic rings. The van der Waals surface area contributed by atoms with Crippen molar-refractivity contribution in [3.63, 3.8) is 0 Å². The monoisotopic (exact) mass is 257 g/mol. The van der Waals surface area contributed by atoms with Crippen LogP contribution < -0.4 is 5.73 Å². The molecule has 1 aromatic carbocycles. The Morgan fingerprint density at radius 2 is 2.00 bits per heavy atom. The smallest absolute Gasteiger partial charge is 0.230 e. The van der Waals surface area contributed by atoms with Gasteiger partial charge >= 0.3 is 0 Å². The Morgan fingerprint density at radius 1 is 1.21 bits per heavy atom. The molecule has 4 heteroatoms. The van der Waals surface area contributed by atoms with Crippen LogP contribution in [0.1, 0.15) is 49.5 Å². The average molecular weight is 257 g/mol. The van der Waals surface area contributed by atoms with Gasteiger partial charge in [0.15, 0.2) is 0 Å². The molecule has 0 amide bonds. The molecule has 0 aliphatic heterocycles. The number of hydrogen-bond donors (Lipinski definition) is 1. The molecule has 0 radical (unpaired) electrons. The molecular weight excluding hydrogens is 238 g/mol. The van der Waals surface area contributed by atoms with E-state index in [-0.39, 0.29) is 0 Å². The van der Waals surface area contributed by atoms with E-state index >= 15 is 0 Å². The predicted octanol–water partition coefficient (Wildman–Crippen LogP) is 3.67. The quantitative estimate of drug-likeness (QED) is 0.833. The molecule has 2 aromatic rings. The lowest BCUT2D eigenvalue weighted by atomic mass is 9.89. The van der Waals surface area contributed by atoms with Gasteiger partial charge in [-0.15, -0.1) is 0 Å². The van der Waals surface area contributed by atoms with Gasteiger partial charge in [-0.05, 0) is 43.5 Å². The molecule has 1 aromatic heterocycles. The highest BCUT2D eigenvalue weighted by molar-refractivity contribution is 5.61. The number of nitrogen functional groups attached to an aromatic ring is 1. The molecule has 0 spiro atoms. The average Bonchev–Trinajstić information content (AvgIpc) is 2.93. The van der Waals surface area contributed by atoms with Gasteiger partial charge in [0, 0.05) is 17.2 Å². The van der Waals surface area contributed by atoms with E-state index in [0.717, 1.165) is 22.7 Å². The molecule has 0 atom stereocenters. The van der Waals surface area contributed by atoms with Crippen LogP contribution >= 0.6 is 0 Å². The fraction of sp³-hybridized carbons (Fsp3) is 0.467. The molecule has 2 N–H and O–H groups in total. The van der Waals surface area contributed by atoms with Gasteiger partial charge in [0.2, 0.25) is 11.7 Å². The molecule has 0 unspecified atom stereocenters. The minimum atomic E-state index is 0.449. The fourth-order valence-corrected chi connectivity index (χ4v) is 2.68. The van der Waals surface area contributed by atoms with E-state index in [1.807, 2.05) is 25.1 Å². The van der Waals surface area contributed by atoms with Crippen molar-refractivity contribution in [2.24, 2.45) is 0 Å². The number of aromatic nitrogens is 2. The molecule has 1 fully saturated rings. The van der Waals surface area contributed by atoms with Crippen molar-refractivity contribution in [2.75, 3.05) is 5.73 Å². The Kier molecular flexibility index (Phi) is 3.23. The van der Waals surface area contributed by atoms with Crippen molar-refractivity contribution >= 4 is 5.69 Å². The predicted molar refractivity (Wildman–Crippen MR) is 74.7 cm³/mol. The third kappa shape index (κ3) is 2.48. The summed E-state index contributed by atoms with van der Waals surface area (Å²) in [5.41, 5.74) is 8.63. The third-order valence-electron chi connectivity index (χ3n) is 3.92. The minimum absolute atomic E-state index is 0.449. The SMILES string of the molecule is Cc1cc(-c2noc(C3CCCCC3)n2)ccc1N. The lowest BCUT2D eigenvalue weighted by Gasteiger charge is -2.17. The lowest BCUT2D eigenvalue weighted by Crippen LogP contribution is -2.04. The van der Waals surface area contributed by atoms with Crippen molar-refractivity contribution in [2.45, 2.75) is 44.9 Å². The summed E-state index contributed by atoms with van der Waals surface area (Å²) >= 11 is 0. The number of aryl methyl sites for hydroxylation is 1. The second-order valence-electron chi connectivity index (χ2n) is 5.36. The fourth-order valence-electron chi connectivity index (χ4n) is 2.68. The van der Waals surface area contributed by atoms with Crippen molar-refractivity contribution < 1.29 is 4.52 Å². The first-order valence-electron chi connectivity index (χ1n) is 6.94. The standard InChI is InChI=1S/C15H19N3O/c1-10-9-12(7-8-13(10)16)14-17-15(19-18-14)11-5-3-2-4-6-11/h7-9,11H,2-6,16H2,1H3. The number of nitrogens with zero attached hydrogens (tertiary/aromatic N) is 2. The molecular formula is C15H19N3O. The summed E-state index contributed by atoms with van der Waals surface area (Å²) in [6.07, 6.45) is 6.20. The van der Waals surface area contributed by atoms with Gasteiger partial charge in [-0.1, -0.05) is 24.4 Å². The summed E-state index contributed by atoms with van der Waals surface area (Å²) in [4.78, 5) is 4.56. The summed E-state index contributed by atoms with van der Waals surface area (Å²) in [5.74, 6) is 1.91. The van der Waals surface area contributed by atoms with Crippen molar-refractivity contribution in [1.82, 2.24) is 10.1 Å². The van der Waals surface area contributed by atoms with Crippen LogP contribution in [-0.2, 0) is 0 Å². The van der Waals surface area contributed by atoms with E-state index < -0.39 is 0 Å². The highest BCUT2D eigenvalue weighted by Crippen LogP contribution is 2.32. The summed E-state index contributed by atoms with van der Waals surface area (Å²) in [5, 5.41) is 4.11. The zero-order chi connectivity index (χ0) is 13.2. The molecule has 3 rings (SSSR count). The molecule has 19 heavy (non-hydrogen) atoms. The second kappa shape index (κ2) is 5.03. The third-order valence-corrected chi connectivity index (χ3v) is 3.92. The molecule has 0 saturated heterocycles. The molecule has 1 saturated carbocycles. The van der Waals surface area contributed by atoms with Crippen molar-refractivity contribution in [3.05, 3.63) is 29.7 Å². The van der Waals surface area contributed by atoms with Gasteiger partial charge in [-0.3, -0.25) is 0 Å². The molecule has 4 nitrogen and oxygen atoms in total. The topological polar surface area (TPSA) is 64.9 Å². The van der Waals surface area contributed by atoms with E-state index in [1.165, 1.54) is 32.1 Å². The van der Waals surface area contributed by atoms with E-state index in [0.29, 0.717) is 11.7 Å². The normalized spacial score (nSPS) is 16.7. The van der Waals surface area contributed by atoms with E-state index in [9.17, 15) is 0 Å². The van der Waals surface area contributed by atoms with E-state index in [1.54, 1.807) is 0 Å². The summed E-state index contributed by atoms with van der Waals surface area (Å²) in [6.45, 7) is 1.99. The van der Waals surface area contributed by atoms with Crippen molar-refractivity contribution in [3.8, 4) is 11.4 Å². The van der Waals surface area contributed by atoms with Crippen LogP contribution in [0.3, 0.4) is 0 Å². The number of benzene rings is 1. The number of rotatable bonds is 2.